The fourth-order valence-corrected chi connectivity index (χ4v) is 6.14. The molecule has 0 unspecified atom stereocenters. The summed E-state index contributed by atoms with van der Waals surface area (Å²) in [5.41, 5.74) is 3.33. The monoisotopic (exact) mass is 522 g/mol. The van der Waals surface area contributed by atoms with Crippen LogP contribution >= 0.6 is 0 Å². The molecule has 9 nitrogen and oxygen atoms in total. The molecule has 2 heterocycles. The van der Waals surface area contributed by atoms with Gasteiger partial charge >= 0.3 is 0 Å². The Kier molecular flexibility index (Phi) is 7.05. The van der Waals surface area contributed by atoms with Crippen LogP contribution in [0.1, 0.15) is 5.56 Å². The van der Waals surface area contributed by atoms with Crippen molar-refractivity contribution in [3.8, 4) is 28.6 Å². The second-order valence-electron chi connectivity index (χ2n) is 8.80. The van der Waals surface area contributed by atoms with E-state index in [2.05, 4.69) is 14.9 Å². The molecule has 0 amide bonds. The maximum atomic E-state index is 13.4. The summed E-state index contributed by atoms with van der Waals surface area (Å²) in [6, 6.07) is 18.6. The molecule has 0 atom stereocenters. The molecule has 0 spiro atoms. The Morgan fingerprint density at radius 3 is 2.27 bits per heavy atom. The molecule has 194 valence electrons. The zero-order valence-electron chi connectivity index (χ0n) is 21.1. The van der Waals surface area contributed by atoms with Crippen LogP contribution in [-0.4, -0.2) is 75.1 Å². The van der Waals surface area contributed by atoms with Crippen molar-refractivity contribution < 1.29 is 22.6 Å². The van der Waals surface area contributed by atoms with Crippen molar-refractivity contribution in [2.24, 2.45) is 0 Å². The van der Waals surface area contributed by atoms with Gasteiger partial charge in [0, 0.05) is 43.9 Å². The Labute approximate surface area is 216 Å². The third-order valence-electron chi connectivity index (χ3n) is 6.65. The van der Waals surface area contributed by atoms with E-state index in [9.17, 15) is 8.42 Å². The van der Waals surface area contributed by atoms with Gasteiger partial charge in [0.05, 0.1) is 37.3 Å². The van der Waals surface area contributed by atoms with Gasteiger partial charge in [-0.15, -0.1) is 0 Å². The van der Waals surface area contributed by atoms with Crippen LogP contribution in [0.5, 0.6) is 17.2 Å². The number of hydrogen-bond acceptors (Lipinski definition) is 7. The van der Waals surface area contributed by atoms with Crippen molar-refractivity contribution in [1.29, 1.82) is 0 Å². The minimum atomic E-state index is -3.64. The van der Waals surface area contributed by atoms with Crippen LogP contribution in [0.4, 0.5) is 0 Å². The van der Waals surface area contributed by atoms with E-state index in [1.54, 1.807) is 43.8 Å². The van der Waals surface area contributed by atoms with Gasteiger partial charge in [-0.25, -0.2) is 13.4 Å². The molecule has 37 heavy (non-hydrogen) atoms. The summed E-state index contributed by atoms with van der Waals surface area (Å²) >= 11 is 0. The number of benzene rings is 3. The molecule has 10 heteroatoms. The highest BCUT2D eigenvalue weighted by molar-refractivity contribution is 7.89. The molecule has 5 rings (SSSR count). The third-order valence-corrected chi connectivity index (χ3v) is 8.54. The maximum Gasteiger partial charge on any atom is 0.243 e. The van der Waals surface area contributed by atoms with Crippen LogP contribution in [-0.2, 0) is 16.6 Å². The van der Waals surface area contributed by atoms with Crippen LogP contribution in [0.3, 0.4) is 0 Å². The summed E-state index contributed by atoms with van der Waals surface area (Å²) in [7, 11) is 1.13. The maximum absolute atomic E-state index is 13.4. The van der Waals surface area contributed by atoms with E-state index in [1.165, 1.54) is 0 Å². The molecule has 1 saturated heterocycles. The number of rotatable bonds is 8. The highest BCUT2D eigenvalue weighted by atomic mass is 32.2. The molecule has 1 aromatic heterocycles. The molecule has 3 aromatic carbocycles. The Morgan fingerprint density at radius 2 is 1.59 bits per heavy atom. The van der Waals surface area contributed by atoms with E-state index >= 15 is 0 Å². The van der Waals surface area contributed by atoms with Crippen molar-refractivity contribution in [2.45, 2.75) is 11.4 Å². The average Bonchev–Trinajstić information content (AvgIpc) is 3.37. The number of sulfonamides is 1. The van der Waals surface area contributed by atoms with Crippen LogP contribution in [0.2, 0.25) is 0 Å². The van der Waals surface area contributed by atoms with Crippen LogP contribution < -0.4 is 14.2 Å². The van der Waals surface area contributed by atoms with Crippen LogP contribution in [0.15, 0.2) is 65.6 Å². The van der Waals surface area contributed by atoms with Crippen molar-refractivity contribution >= 4 is 21.1 Å². The summed E-state index contributed by atoms with van der Waals surface area (Å²) in [6.07, 6.45) is 0. The second kappa shape index (κ2) is 10.4. The Bertz CT molecular complexity index is 1500. The Hall–Kier alpha value is -3.60. The zero-order chi connectivity index (χ0) is 26.0. The highest BCUT2D eigenvalue weighted by Crippen LogP contribution is 2.40. The minimum Gasteiger partial charge on any atom is -0.493 e. The van der Waals surface area contributed by atoms with Gasteiger partial charge in [0.25, 0.3) is 0 Å². The lowest BCUT2D eigenvalue weighted by Gasteiger charge is -2.34. The first-order valence-corrected chi connectivity index (χ1v) is 13.4. The molecule has 1 aliphatic heterocycles. The smallest absolute Gasteiger partial charge is 0.243 e. The number of imidazole rings is 1. The topological polar surface area (TPSA) is 97.0 Å². The number of piperazine rings is 1. The summed E-state index contributed by atoms with van der Waals surface area (Å²) in [4.78, 5) is 10.3. The van der Waals surface area contributed by atoms with Crippen molar-refractivity contribution in [3.05, 3.63) is 66.2 Å². The lowest BCUT2D eigenvalue weighted by molar-refractivity contribution is 0.179. The van der Waals surface area contributed by atoms with Gasteiger partial charge < -0.3 is 19.2 Å². The second-order valence-corrected chi connectivity index (χ2v) is 10.7. The number of aromatic nitrogens is 2. The van der Waals surface area contributed by atoms with Gasteiger partial charge in [0.15, 0.2) is 11.5 Å². The van der Waals surface area contributed by atoms with Gasteiger partial charge in [-0.2, -0.15) is 4.31 Å². The highest BCUT2D eigenvalue weighted by Gasteiger charge is 2.29. The number of aromatic amines is 1. The van der Waals surface area contributed by atoms with Gasteiger partial charge in [-0.3, -0.25) is 4.90 Å². The minimum absolute atomic E-state index is 0.262. The number of nitrogens with zero attached hydrogens (tertiary/aromatic N) is 3. The fraction of sp³-hybridized carbons (Fsp3) is 0.296. The van der Waals surface area contributed by atoms with Crippen molar-refractivity contribution in [3.63, 3.8) is 0 Å². The quantitative estimate of drug-likeness (QED) is 0.376. The number of nitrogens with one attached hydrogen (secondary N) is 1. The molecule has 0 bridgehead atoms. The third kappa shape index (κ3) is 4.87. The number of ether oxygens (including phenoxy) is 3. The summed E-state index contributed by atoms with van der Waals surface area (Å²) in [5, 5.41) is 0. The summed E-state index contributed by atoms with van der Waals surface area (Å²) < 4.78 is 44.9. The Balaban J connectivity index is 1.30. The van der Waals surface area contributed by atoms with Gasteiger partial charge in [-0.05, 0) is 24.3 Å². The summed E-state index contributed by atoms with van der Waals surface area (Å²) in [6.45, 7) is 2.60. The van der Waals surface area contributed by atoms with E-state index in [-0.39, 0.29) is 4.90 Å². The fourth-order valence-electron chi connectivity index (χ4n) is 4.69. The predicted molar refractivity (Wildman–Crippen MR) is 142 cm³/mol. The van der Waals surface area contributed by atoms with Gasteiger partial charge in [0.2, 0.25) is 15.8 Å². The number of fused-ring (bicyclic) bond motifs is 1. The Morgan fingerprint density at radius 1 is 0.865 bits per heavy atom. The van der Waals surface area contributed by atoms with E-state index in [1.807, 2.05) is 42.5 Å². The molecular weight excluding hydrogens is 492 g/mol. The van der Waals surface area contributed by atoms with Crippen molar-refractivity contribution in [2.75, 3.05) is 47.5 Å². The normalized spacial score (nSPS) is 15.1. The zero-order valence-corrected chi connectivity index (χ0v) is 21.9. The largest absolute Gasteiger partial charge is 0.493 e. The van der Waals surface area contributed by atoms with Crippen LogP contribution in [0.25, 0.3) is 22.4 Å². The SMILES string of the molecule is COc1ccc(CN2CCN(S(=O)(=O)c3ccc4nc(-c5ccccc5)[nH]c4c3)CC2)c(OC)c1OC. The lowest BCUT2D eigenvalue weighted by atomic mass is 10.1. The summed E-state index contributed by atoms with van der Waals surface area (Å²) in [5.74, 6) is 2.49. The van der Waals surface area contributed by atoms with E-state index < -0.39 is 10.0 Å². The first kappa shape index (κ1) is 25.1. The number of hydrogen-bond donors (Lipinski definition) is 1. The van der Waals surface area contributed by atoms with Crippen molar-refractivity contribution in [1.82, 2.24) is 19.2 Å². The molecule has 1 aliphatic rings. The van der Waals surface area contributed by atoms with Crippen LogP contribution in [0, 0.1) is 0 Å². The molecule has 0 aliphatic carbocycles. The predicted octanol–water partition coefficient (Wildman–Crippen LogP) is 3.76. The van der Waals surface area contributed by atoms with Gasteiger partial charge in [-0.1, -0.05) is 36.4 Å². The van der Waals surface area contributed by atoms with Gasteiger partial charge in [0.1, 0.15) is 5.82 Å². The van der Waals surface area contributed by atoms with E-state index in [4.69, 9.17) is 14.2 Å². The molecule has 1 N–H and O–H groups in total. The standard InChI is InChI=1S/C27H30N4O5S/c1-34-24-12-9-20(25(35-2)26(24)36-3)18-30-13-15-31(16-14-30)37(32,33)21-10-11-22-23(17-21)29-27(28-22)19-7-5-4-6-8-19/h4-12,17H,13-16,18H2,1-3H3,(H,28,29). The van der Waals surface area contributed by atoms with E-state index in [0.717, 1.165) is 16.6 Å². The average molecular weight is 523 g/mol. The molecule has 4 aromatic rings. The molecule has 0 radical (unpaired) electrons. The number of H-pyrrole nitrogens is 1. The molecular formula is C27H30N4O5S. The first-order chi connectivity index (χ1) is 17.9. The first-order valence-electron chi connectivity index (χ1n) is 12.0. The lowest BCUT2D eigenvalue weighted by Crippen LogP contribution is -2.48. The number of methoxy groups -OCH3 is 3. The molecule has 1 fully saturated rings. The van der Waals surface area contributed by atoms with E-state index in [0.29, 0.717) is 61.3 Å². The molecule has 0 saturated carbocycles.